The van der Waals surface area contributed by atoms with Gasteiger partial charge in [-0.15, -0.1) is 0 Å². The lowest BCUT2D eigenvalue weighted by Crippen LogP contribution is -2.20. The standard InChI is InChI=1S/C13H21NO4/c1-10(2)8-17-5-4-14-7-12-6-11(9-18-12)13(15)16-3/h6,9-10,14H,4-5,7-8H2,1-3H3. The average Bonchev–Trinajstić information content (AvgIpc) is 2.81. The van der Waals surface area contributed by atoms with Gasteiger partial charge in [0.15, 0.2) is 0 Å². The van der Waals surface area contributed by atoms with Crippen LogP contribution in [0.4, 0.5) is 0 Å². The van der Waals surface area contributed by atoms with E-state index >= 15 is 0 Å². The average molecular weight is 255 g/mol. The molecule has 0 radical (unpaired) electrons. The Bertz CT molecular complexity index is 360. The van der Waals surface area contributed by atoms with Crippen LogP contribution < -0.4 is 5.32 Å². The molecule has 0 aromatic carbocycles. The molecule has 0 aliphatic carbocycles. The molecule has 0 saturated carbocycles. The monoisotopic (exact) mass is 255 g/mol. The van der Waals surface area contributed by atoms with Crippen molar-refractivity contribution in [3.63, 3.8) is 0 Å². The molecule has 0 amide bonds. The van der Waals surface area contributed by atoms with Crippen LogP contribution in [0.25, 0.3) is 0 Å². The van der Waals surface area contributed by atoms with E-state index in [4.69, 9.17) is 9.15 Å². The Morgan fingerprint density at radius 3 is 2.94 bits per heavy atom. The molecular weight excluding hydrogens is 234 g/mol. The number of ether oxygens (including phenoxy) is 2. The van der Waals surface area contributed by atoms with E-state index < -0.39 is 0 Å². The van der Waals surface area contributed by atoms with Gasteiger partial charge in [0, 0.05) is 13.2 Å². The molecule has 0 atom stereocenters. The molecule has 18 heavy (non-hydrogen) atoms. The van der Waals surface area contributed by atoms with Crippen molar-refractivity contribution >= 4 is 5.97 Å². The first kappa shape index (κ1) is 14.7. The van der Waals surface area contributed by atoms with Gasteiger partial charge >= 0.3 is 5.97 Å². The molecule has 1 aromatic heterocycles. The fourth-order valence-corrected chi connectivity index (χ4v) is 1.37. The minimum Gasteiger partial charge on any atom is -0.467 e. The van der Waals surface area contributed by atoms with Crippen LogP contribution in [0.15, 0.2) is 16.7 Å². The molecule has 5 heteroatoms. The number of carbonyl (C=O) groups is 1. The largest absolute Gasteiger partial charge is 0.467 e. The lowest BCUT2D eigenvalue weighted by molar-refractivity contribution is 0.0600. The van der Waals surface area contributed by atoms with Gasteiger partial charge in [-0.05, 0) is 12.0 Å². The summed E-state index contributed by atoms with van der Waals surface area (Å²) >= 11 is 0. The number of rotatable bonds is 8. The fraction of sp³-hybridized carbons (Fsp3) is 0.615. The van der Waals surface area contributed by atoms with Crippen molar-refractivity contribution in [1.82, 2.24) is 5.32 Å². The van der Waals surface area contributed by atoms with Crippen LogP contribution >= 0.6 is 0 Å². The minimum absolute atomic E-state index is 0.384. The van der Waals surface area contributed by atoms with Crippen molar-refractivity contribution in [3.05, 3.63) is 23.7 Å². The molecule has 1 N–H and O–H groups in total. The Balaban J connectivity index is 2.16. The molecule has 0 bridgehead atoms. The van der Waals surface area contributed by atoms with Crippen molar-refractivity contribution < 1.29 is 18.7 Å². The van der Waals surface area contributed by atoms with E-state index in [1.54, 1.807) is 6.07 Å². The maximum atomic E-state index is 11.2. The maximum absolute atomic E-state index is 11.2. The van der Waals surface area contributed by atoms with Crippen LogP contribution in [0.1, 0.15) is 30.0 Å². The summed E-state index contributed by atoms with van der Waals surface area (Å²) in [5.41, 5.74) is 0.436. The second-order valence-electron chi connectivity index (χ2n) is 4.44. The lowest BCUT2D eigenvalue weighted by Gasteiger charge is -2.06. The van der Waals surface area contributed by atoms with E-state index in [0.29, 0.717) is 30.4 Å². The van der Waals surface area contributed by atoms with Crippen molar-refractivity contribution in [1.29, 1.82) is 0 Å². The quantitative estimate of drug-likeness (QED) is 0.567. The first-order chi connectivity index (χ1) is 8.63. The predicted molar refractivity (Wildman–Crippen MR) is 67.4 cm³/mol. The highest BCUT2D eigenvalue weighted by molar-refractivity contribution is 5.88. The predicted octanol–water partition coefficient (Wildman–Crippen LogP) is 1.83. The van der Waals surface area contributed by atoms with E-state index in [2.05, 4.69) is 23.9 Å². The van der Waals surface area contributed by atoms with Crippen molar-refractivity contribution in [2.75, 3.05) is 26.9 Å². The van der Waals surface area contributed by atoms with Crippen LogP contribution in [-0.4, -0.2) is 32.8 Å². The smallest absolute Gasteiger partial charge is 0.341 e. The SMILES string of the molecule is COC(=O)c1coc(CNCCOCC(C)C)c1. The van der Waals surface area contributed by atoms with Gasteiger partial charge in [0.25, 0.3) is 0 Å². The second-order valence-corrected chi connectivity index (χ2v) is 4.44. The molecular formula is C13H21NO4. The summed E-state index contributed by atoms with van der Waals surface area (Å²) in [4.78, 5) is 11.2. The van der Waals surface area contributed by atoms with Gasteiger partial charge in [0.1, 0.15) is 12.0 Å². The van der Waals surface area contributed by atoms with Gasteiger partial charge in [0.2, 0.25) is 0 Å². The molecule has 5 nitrogen and oxygen atoms in total. The number of hydrogen-bond acceptors (Lipinski definition) is 5. The number of nitrogens with one attached hydrogen (secondary N) is 1. The Hall–Kier alpha value is -1.33. The lowest BCUT2D eigenvalue weighted by atomic mass is 10.2. The summed E-state index contributed by atoms with van der Waals surface area (Å²) in [5, 5.41) is 3.17. The van der Waals surface area contributed by atoms with Gasteiger partial charge in [-0.2, -0.15) is 0 Å². The Kier molecular flexibility index (Phi) is 6.46. The van der Waals surface area contributed by atoms with Crippen LogP contribution in [0.5, 0.6) is 0 Å². The van der Waals surface area contributed by atoms with Crippen molar-refractivity contribution in [2.24, 2.45) is 5.92 Å². The van der Waals surface area contributed by atoms with E-state index in [9.17, 15) is 4.79 Å². The summed E-state index contributed by atoms with van der Waals surface area (Å²) in [6.07, 6.45) is 1.40. The third kappa shape index (κ3) is 5.33. The molecule has 0 aliphatic heterocycles. The summed E-state index contributed by atoms with van der Waals surface area (Å²) in [5.74, 6) is 0.877. The molecule has 0 fully saturated rings. The van der Waals surface area contributed by atoms with Crippen molar-refractivity contribution in [3.8, 4) is 0 Å². The van der Waals surface area contributed by atoms with E-state index in [1.165, 1.54) is 13.4 Å². The zero-order valence-corrected chi connectivity index (χ0v) is 11.2. The molecule has 0 saturated heterocycles. The molecule has 0 aliphatic rings. The highest BCUT2D eigenvalue weighted by Gasteiger charge is 2.09. The third-order valence-electron chi connectivity index (χ3n) is 2.25. The van der Waals surface area contributed by atoms with Gasteiger partial charge in [-0.25, -0.2) is 4.79 Å². The first-order valence-electron chi connectivity index (χ1n) is 6.07. The first-order valence-corrected chi connectivity index (χ1v) is 6.07. The zero-order valence-electron chi connectivity index (χ0n) is 11.2. The Morgan fingerprint density at radius 1 is 1.50 bits per heavy atom. The van der Waals surface area contributed by atoms with Gasteiger partial charge < -0.3 is 19.2 Å². The van der Waals surface area contributed by atoms with Crippen LogP contribution in [-0.2, 0) is 16.0 Å². The molecule has 0 unspecified atom stereocenters. The summed E-state index contributed by atoms with van der Waals surface area (Å²) in [7, 11) is 1.35. The number of furan rings is 1. The fourth-order valence-electron chi connectivity index (χ4n) is 1.37. The topological polar surface area (TPSA) is 60.7 Å². The molecule has 1 heterocycles. The Labute approximate surface area is 107 Å². The summed E-state index contributed by atoms with van der Waals surface area (Å²) < 4.78 is 15.2. The molecule has 1 rings (SSSR count). The van der Waals surface area contributed by atoms with Crippen LogP contribution in [0.3, 0.4) is 0 Å². The highest BCUT2D eigenvalue weighted by atomic mass is 16.5. The second kappa shape index (κ2) is 7.89. The van der Waals surface area contributed by atoms with Crippen molar-refractivity contribution in [2.45, 2.75) is 20.4 Å². The number of esters is 1. The highest BCUT2D eigenvalue weighted by Crippen LogP contribution is 2.08. The maximum Gasteiger partial charge on any atom is 0.341 e. The zero-order chi connectivity index (χ0) is 13.4. The molecule has 102 valence electrons. The van der Waals surface area contributed by atoms with Crippen LogP contribution in [0, 0.1) is 5.92 Å². The van der Waals surface area contributed by atoms with Crippen LogP contribution in [0.2, 0.25) is 0 Å². The van der Waals surface area contributed by atoms with Gasteiger partial charge in [-0.1, -0.05) is 13.8 Å². The summed E-state index contributed by atoms with van der Waals surface area (Å²) in [6.45, 7) is 7.00. The van der Waals surface area contributed by atoms with E-state index in [-0.39, 0.29) is 5.97 Å². The number of methoxy groups -OCH3 is 1. The molecule has 0 spiro atoms. The van der Waals surface area contributed by atoms with Gasteiger partial charge in [0.05, 0.1) is 25.8 Å². The van der Waals surface area contributed by atoms with E-state index in [0.717, 1.165) is 13.2 Å². The van der Waals surface area contributed by atoms with Gasteiger partial charge in [-0.3, -0.25) is 0 Å². The van der Waals surface area contributed by atoms with E-state index in [1.807, 2.05) is 0 Å². The third-order valence-corrected chi connectivity index (χ3v) is 2.25. The number of carbonyl (C=O) groups excluding carboxylic acids is 1. The molecule has 1 aromatic rings. The summed E-state index contributed by atoms with van der Waals surface area (Å²) in [6, 6.07) is 1.67. The Morgan fingerprint density at radius 2 is 2.28 bits per heavy atom. The minimum atomic E-state index is -0.384. The normalized spacial score (nSPS) is 10.9. The number of hydrogen-bond donors (Lipinski definition) is 1.